The molecule has 0 aliphatic carbocycles. The number of carbonyl (C=O) groups excluding carboxylic acids is 1. The van der Waals surface area contributed by atoms with Gasteiger partial charge in [-0.05, 0) is 39.4 Å². The van der Waals surface area contributed by atoms with Crippen LogP contribution in [0.25, 0.3) is 0 Å². The van der Waals surface area contributed by atoms with Crippen molar-refractivity contribution in [2.24, 2.45) is 7.05 Å². The fourth-order valence-corrected chi connectivity index (χ4v) is 3.73. The summed E-state index contributed by atoms with van der Waals surface area (Å²) >= 11 is 0. The highest BCUT2D eigenvalue weighted by Gasteiger charge is 2.28. The van der Waals surface area contributed by atoms with Gasteiger partial charge in [0.1, 0.15) is 5.82 Å². The largest absolute Gasteiger partial charge is 0.341 e. The number of piperidine rings is 1. The van der Waals surface area contributed by atoms with Crippen LogP contribution in [0.5, 0.6) is 0 Å². The van der Waals surface area contributed by atoms with Crippen molar-refractivity contribution < 1.29 is 4.79 Å². The average Bonchev–Trinajstić information content (AvgIpc) is 2.88. The third kappa shape index (κ3) is 4.12. The van der Waals surface area contributed by atoms with E-state index in [9.17, 15) is 4.79 Å². The molecular weight excluding hydrogens is 290 g/mol. The highest BCUT2D eigenvalue weighted by Crippen LogP contribution is 2.25. The van der Waals surface area contributed by atoms with Crippen molar-refractivity contribution in [3.63, 3.8) is 0 Å². The van der Waals surface area contributed by atoms with E-state index in [0.29, 0.717) is 12.5 Å². The minimum atomic E-state index is 0.286. The summed E-state index contributed by atoms with van der Waals surface area (Å²) in [6, 6.07) is 0. The molecule has 0 saturated carbocycles. The predicted molar refractivity (Wildman–Crippen MR) is 90.3 cm³/mol. The van der Waals surface area contributed by atoms with Crippen LogP contribution in [0.4, 0.5) is 0 Å². The van der Waals surface area contributed by atoms with E-state index < -0.39 is 0 Å². The summed E-state index contributed by atoms with van der Waals surface area (Å²) in [6.45, 7) is 6.51. The Kier molecular flexibility index (Phi) is 5.33. The fourth-order valence-electron chi connectivity index (χ4n) is 3.73. The molecule has 0 aromatic carbocycles. The minimum Gasteiger partial charge on any atom is -0.341 e. The molecule has 23 heavy (non-hydrogen) atoms. The minimum absolute atomic E-state index is 0.286. The zero-order chi connectivity index (χ0) is 16.2. The maximum absolute atomic E-state index is 12.7. The SMILES string of the molecule is CN1CCCN(CC(=O)N2CCC[C@H](c3nccn3C)C2)CC1. The monoisotopic (exact) mass is 319 g/mol. The van der Waals surface area contributed by atoms with Crippen molar-refractivity contribution >= 4 is 5.91 Å². The van der Waals surface area contributed by atoms with E-state index in [2.05, 4.69) is 31.3 Å². The first-order valence-electron chi connectivity index (χ1n) is 8.79. The maximum Gasteiger partial charge on any atom is 0.236 e. The molecule has 128 valence electrons. The Morgan fingerprint density at radius 1 is 1.17 bits per heavy atom. The summed E-state index contributed by atoms with van der Waals surface area (Å²) in [5.74, 6) is 1.77. The Morgan fingerprint density at radius 2 is 2.04 bits per heavy atom. The number of rotatable bonds is 3. The molecule has 0 radical (unpaired) electrons. The molecule has 6 nitrogen and oxygen atoms in total. The van der Waals surface area contributed by atoms with Gasteiger partial charge in [-0.3, -0.25) is 9.69 Å². The highest BCUT2D eigenvalue weighted by molar-refractivity contribution is 5.78. The first-order valence-corrected chi connectivity index (χ1v) is 8.79. The quantitative estimate of drug-likeness (QED) is 0.825. The molecule has 2 aliphatic heterocycles. The van der Waals surface area contributed by atoms with Crippen LogP contribution >= 0.6 is 0 Å². The van der Waals surface area contributed by atoms with Gasteiger partial charge in [0.05, 0.1) is 6.54 Å². The van der Waals surface area contributed by atoms with Crippen LogP contribution < -0.4 is 0 Å². The van der Waals surface area contributed by atoms with Crippen LogP contribution in [0.2, 0.25) is 0 Å². The van der Waals surface area contributed by atoms with Crippen molar-refractivity contribution in [3.05, 3.63) is 18.2 Å². The van der Waals surface area contributed by atoms with E-state index in [1.54, 1.807) is 0 Å². The van der Waals surface area contributed by atoms with Crippen molar-refractivity contribution in [2.75, 3.05) is 52.9 Å². The van der Waals surface area contributed by atoms with Crippen LogP contribution in [0, 0.1) is 0 Å². The maximum atomic E-state index is 12.7. The first kappa shape index (κ1) is 16.5. The van der Waals surface area contributed by atoms with Crippen LogP contribution in [-0.2, 0) is 11.8 Å². The van der Waals surface area contributed by atoms with Crippen molar-refractivity contribution in [2.45, 2.75) is 25.2 Å². The standard InChI is InChI=1S/C17H29N5O/c1-19-7-4-8-21(12-11-19)14-16(23)22-9-3-5-15(13-22)17-18-6-10-20(17)2/h6,10,15H,3-5,7-9,11-14H2,1-2H3/t15-/m0/s1. The van der Waals surface area contributed by atoms with E-state index in [0.717, 1.165) is 64.4 Å². The van der Waals surface area contributed by atoms with Gasteiger partial charge in [-0.2, -0.15) is 0 Å². The summed E-state index contributed by atoms with van der Waals surface area (Å²) in [5, 5.41) is 0. The van der Waals surface area contributed by atoms with E-state index in [1.165, 1.54) is 0 Å². The van der Waals surface area contributed by atoms with E-state index in [4.69, 9.17) is 0 Å². The van der Waals surface area contributed by atoms with Gasteiger partial charge < -0.3 is 14.4 Å². The van der Waals surface area contributed by atoms with Gasteiger partial charge in [-0.1, -0.05) is 0 Å². The summed E-state index contributed by atoms with van der Waals surface area (Å²) < 4.78 is 2.09. The van der Waals surface area contributed by atoms with Crippen LogP contribution in [-0.4, -0.2) is 83.0 Å². The molecule has 0 spiro atoms. The molecular formula is C17H29N5O. The van der Waals surface area contributed by atoms with Crippen LogP contribution in [0.3, 0.4) is 0 Å². The smallest absolute Gasteiger partial charge is 0.236 e. The van der Waals surface area contributed by atoms with Gasteiger partial charge in [-0.15, -0.1) is 0 Å². The fraction of sp³-hybridized carbons (Fsp3) is 0.765. The topological polar surface area (TPSA) is 44.6 Å². The number of carbonyl (C=O) groups is 1. The van der Waals surface area contributed by atoms with E-state index in [1.807, 2.05) is 19.4 Å². The molecule has 1 aromatic heterocycles. The summed E-state index contributed by atoms with van der Waals surface area (Å²) in [5.41, 5.74) is 0. The molecule has 2 saturated heterocycles. The first-order chi connectivity index (χ1) is 11.1. The number of hydrogen-bond acceptors (Lipinski definition) is 4. The number of nitrogens with zero attached hydrogens (tertiary/aromatic N) is 5. The van der Waals surface area contributed by atoms with Gasteiger partial charge in [0.15, 0.2) is 0 Å². The summed E-state index contributed by atoms with van der Waals surface area (Å²) in [7, 11) is 4.20. The Morgan fingerprint density at radius 3 is 2.83 bits per heavy atom. The zero-order valence-electron chi connectivity index (χ0n) is 14.4. The van der Waals surface area contributed by atoms with Crippen molar-refractivity contribution in [1.29, 1.82) is 0 Å². The predicted octanol–water partition coefficient (Wildman–Crippen LogP) is 0.764. The van der Waals surface area contributed by atoms with Crippen molar-refractivity contribution in [1.82, 2.24) is 24.3 Å². The molecule has 0 unspecified atom stereocenters. The van der Waals surface area contributed by atoms with Gasteiger partial charge in [-0.25, -0.2) is 4.98 Å². The second-order valence-electron chi connectivity index (χ2n) is 7.01. The van der Waals surface area contributed by atoms with Gasteiger partial charge in [0.25, 0.3) is 0 Å². The lowest BCUT2D eigenvalue weighted by Gasteiger charge is -2.34. The molecule has 1 aromatic rings. The molecule has 2 aliphatic rings. The van der Waals surface area contributed by atoms with Gasteiger partial charge >= 0.3 is 0 Å². The lowest BCUT2D eigenvalue weighted by atomic mass is 9.97. The van der Waals surface area contributed by atoms with E-state index >= 15 is 0 Å². The normalized spacial score (nSPS) is 24.6. The third-order valence-electron chi connectivity index (χ3n) is 5.17. The second-order valence-corrected chi connectivity index (χ2v) is 7.01. The Bertz CT molecular complexity index is 529. The third-order valence-corrected chi connectivity index (χ3v) is 5.17. The number of imidazole rings is 1. The van der Waals surface area contributed by atoms with E-state index in [-0.39, 0.29) is 5.91 Å². The number of aryl methyl sites for hydroxylation is 1. The molecule has 0 N–H and O–H groups in total. The average molecular weight is 319 g/mol. The number of likely N-dealkylation sites (tertiary alicyclic amines) is 1. The molecule has 0 bridgehead atoms. The summed E-state index contributed by atoms with van der Waals surface area (Å²) in [6.07, 6.45) is 7.20. The number of likely N-dealkylation sites (N-methyl/N-ethyl adjacent to an activating group) is 1. The lowest BCUT2D eigenvalue weighted by Crippen LogP contribution is -2.45. The summed E-state index contributed by atoms with van der Waals surface area (Å²) in [4.78, 5) is 23.9. The Hall–Kier alpha value is -1.40. The van der Waals surface area contributed by atoms with Crippen LogP contribution in [0.1, 0.15) is 31.0 Å². The highest BCUT2D eigenvalue weighted by atomic mass is 16.2. The Balaban J connectivity index is 1.55. The molecule has 3 heterocycles. The number of hydrogen-bond donors (Lipinski definition) is 0. The lowest BCUT2D eigenvalue weighted by molar-refractivity contribution is -0.133. The zero-order valence-corrected chi connectivity index (χ0v) is 14.4. The number of amides is 1. The molecule has 1 atom stereocenters. The Labute approximate surface area is 139 Å². The van der Waals surface area contributed by atoms with Gasteiger partial charge in [0.2, 0.25) is 5.91 Å². The molecule has 3 rings (SSSR count). The molecule has 1 amide bonds. The second kappa shape index (κ2) is 7.45. The number of aromatic nitrogens is 2. The molecule has 2 fully saturated rings. The van der Waals surface area contributed by atoms with Gasteiger partial charge in [0, 0.05) is 51.5 Å². The van der Waals surface area contributed by atoms with Crippen molar-refractivity contribution in [3.8, 4) is 0 Å². The van der Waals surface area contributed by atoms with Crippen LogP contribution in [0.15, 0.2) is 12.4 Å². The molecule has 6 heteroatoms.